The topological polar surface area (TPSA) is 4.93 Å². The Balaban J connectivity index is 1.85. The molecule has 0 bridgehead atoms. The first kappa shape index (κ1) is 43.9. The molecule has 6 aromatic carbocycles. The van der Waals surface area contributed by atoms with E-state index in [0.717, 1.165) is 84.7 Å². The van der Waals surface area contributed by atoms with E-state index in [2.05, 4.69) is 202 Å². The Morgan fingerprint density at radius 1 is 0.443 bits per heavy atom. The molecule has 0 amide bonds. The van der Waals surface area contributed by atoms with Crippen molar-refractivity contribution in [1.29, 1.82) is 0 Å². The lowest BCUT2D eigenvalue weighted by molar-refractivity contribution is 0.665. The van der Waals surface area contributed by atoms with Gasteiger partial charge < -0.3 is 4.57 Å². The van der Waals surface area contributed by atoms with Crippen LogP contribution in [0.2, 0.25) is 33.2 Å². The molecule has 0 atom stereocenters. The number of aromatic nitrogens is 1. The molecular formula is C58H65NSi2. The van der Waals surface area contributed by atoms with Crippen molar-refractivity contribution in [3.05, 3.63) is 95.1 Å². The van der Waals surface area contributed by atoms with E-state index in [0.29, 0.717) is 33.2 Å². The second kappa shape index (κ2) is 16.9. The summed E-state index contributed by atoms with van der Waals surface area (Å²) in [6, 6.07) is 26.6. The Morgan fingerprint density at radius 2 is 0.770 bits per heavy atom. The number of hydrogen-bond donors (Lipinski definition) is 0. The van der Waals surface area contributed by atoms with Crippen molar-refractivity contribution < 1.29 is 0 Å². The zero-order valence-corrected chi connectivity index (χ0v) is 41.1. The molecule has 0 spiro atoms. The molecule has 3 heteroatoms. The van der Waals surface area contributed by atoms with Crippen LogP contribution in [0.5, 0.6) is 0 Å². The summed E-state index contributed by atoms with van der Waals surface area (Å²) >= 11 is 0. The minimum absolute atomic E-state index is 0.497. The molecule has 310 valence electrons. The number of nitrogens with zero attached hydrogens (tertiary/aromatic N) is 1. The molecule has 0 saturated carbocycles. The largest absolute Gasteiger partial charge is 0.340 e. The maximum atomic E-state index is 6.57. The van der Waals surface area contributed by atoms with Gasteiger partial charge in [0.1, 0.15) is 16.1 Å². The van der Waals surface area contributed by atoms with Gasteiger partial charge >= 0.3 is 0 Å². The summed E-state index contributed by atoms with van der Waals surface area (Å²) in [6.45, 7) is 32.0. The molecule has 1 aromatic heterocycles. The van der Waals surface area contributed by atoms with Gasteiger partial charge in [-0.25, -0.2) is 0 Å². The fraction of sp³-hybridized carbons (Fsp3) is 0.379. The number of unbranched alkanes of at least 4 members (excludes halogenated alkanes) is 1. The number of benzene rings is 6. The van der Waals surface area contributed by atoms with Gasteiger partial charge in [-0.2, -0.15) is 0 Å². The summed E-state index contributed by atoms with van der Waals surface area (Å²) in [7, 11) is -4.27. The van der Waals surface area contributed by atoms with Gasteiger partial charge in [0.05, 0.1) is 0 Å². The zero-order valence-electron chi connectivity index (χ0n) is 39.1. The number of hydrogen-bond acceptors (Lipinski definition) is 0. The first-order valence-electron chi connectivity index (χ1n) is 22.9. The number of fused-ring (bicyclic) bond motifs is 9. The summed E-state index contributed by atoms with van der Waals surface area (Å²) in [5.41, 5.74) is 17.7. The van der Waals surface area contributed by atoms with E-state index in [1.807, 2.05) is 0 Å². The van der Waals surface area contributed by atoms with Crippen molar-refractivity contribution in [2.24, 2.45) is 0 Å². The van der Waals surface area contributed by atoms with Crippen molar-refractivity contribution in [3.63, 3.8) is 0 Å². The third kappa shape index (κ3) is 6.73. The van der Waals surface area contributed by atoms with Gasteiger partial charge in [-0.05, 0) is 84.1 Å². The Kier molecular flexibility index (Phi) is 12.2. The molecule has 0 N–H and O–H groups in total. The van der Waals surface area contributed by atoms with E-state index in [1.54, 1.807) is 0 Å². The van der Waals surface area contributed by atoms with Crippen LogP contribution in [-0.4, -0.2) is 20.7 Å². The highest BCUT2D eigenvalue weighted by Gasteiger charge is 2.43. The van der Waals surface area contributed by atoms with Crippen LogP contribution in [0.15, 0.2) is 72.8 Å². The smallest absolute Gasteiger partial charge is 0.146 e. The third-order valence-corrected chi connectivity index (χ3v) is 27.3. The fourth-order valence-corrected chi connectivity index (χ4v) is 22.4. The zero-order chi connectivity index (χ0) is 44.1. The minimum Gasteiger partial charge on any atom is -0.340 e. The first-order valence-corrected chi connectivity index (χ1v) is 27.4. The standard InChI is InChI=1S/C58H65NSi2/c1-16-19-34-59-53-30-28-49-43(17-2)45-24-20-22-26-47(45)51(32-35-60(37(4)5,38(6)7)39(8)9)55(49)57(53)58-54(59)31-29-50-44(18-3)46-25-21-23-27-48(46)52(56(50)58)33-36-61(40(10)11,41(12)13)42(14)15/h2-3,20-31,37-42H,16,19,34H2,1,4-15H3. The monoisotopic (exact) mass is 831 g/mol. The molecule has 0 saturated heterocycles. The van der Waals surface area contributed by atoms with E-state index in [9.17, 15) is 0 Å². The summed E-state index contributed by atoms with van der Waals surface area (Å²) in [5.74, 6) is 14.5. The highest BCUT2D eigenvalue weighted by Crippen LogP contribution is 2.48. The number of aryl methyl sites for hydroxylation is 1. The summed E-state index contributed by atoms with van der Waals surface area (Å²) < 4.78 is 2.56. The maximum absolute atomic E-state index is 6.57. The average Bonchev–Trinajstić information content (AvgIpc) is 3.55. The second-order valence-corrected chi connectivity index (χ2v) is 30.6. The second-order valence-electron chi connectivity index (χ2n) is 19.4. The molecule has 61 heavy (non-hydrogen) atoms. The van der Waals surface area contributed by atoms with Gasteiger partial charge in [0.15, 0.2) is 0 Å². The summed E-state index contributed by atoms with van der Waals surface area (Å²) in [5, 5.41) is 11.2. The normalized spacial score (nSPS) is 12.5. The lowest BCUT2D eigenvalue weighted by atomic mass is 9.87. The fourth-order valence-electron chi connectivity index (χ4n) is 11.9. The molecular weight excluding hydrogens is 767 g/mol. The van der Waals surface area contributed by atoms with Crippen LogP contribution >= 0.6 is 0 Å². The molecule has 0 aliphatic heterocycles. The predicted octanol–water partition coefficient (Wildman–Crippen LogP) is 16.3. The summed E-state index contributed by atoms with van der Waals surface area (Å²) in [6.07, 6.45) is 15.3. The average molecular weight is 832 g/mol. The van der Waals surface area contributed by atoms with Gasteiger partial charge in [-0.3, -0.25) is 0 Å². The van der Waals surface area contributed by atoms with E-state index < -0.39 is 16.1 Å². The van der Waals surface area contributed by atoms with Crippen LogP contribution in [0.25, 0.3) is 64.9 Å². The molecule has 0 aliphatic rings. The first-order chi connectivity index (χ1) is 29.1. The van der Waals surface area contributed by atoms with Crippen molar-refractivity contribution >= 4 is 81.0 Å². The van der Waals surface area contributed by atoms with Crippen LogP contribution in [0.1, 0.15) is 125 Å². The minimum atomic E-state index is -2.14. The van der Waals surface area contributed by atoms with Crippen LogP contribution in [0, 0.1) is 47.6 Å². The Hall–Kier alpha value is -5.17. The Labute approximate surface area is 369 Å². The van der Waals surface area contributed by atoms with E-state index in [-0.39, 0.29) is 0 Å². The predicted molar refractivity (Wildman–Crippen MR) is 276 cm³/mol. The van der Waals surface area contributed by atoms with E-state index in [4.69, 9.17) is 12.8 Å². The van der Waals surface area contributed by atoms with Gasteiger partial charge in [-0.15, -0.1) is 23.9 Å². The van der Waals surface area contributed by atoms with Crippen LogP contribution in [-0.2, 0) is 6.54 Å². The number of rotatable bonds is 9. The van der Waals surface area contributed by atoms with E-state index in [1.165, 1.54) is 21.8 Å². The van der Waals surface area contributed by atoms with Gasteiger partial charge in [0.25, 0.3) is 0 Å². The quantitative estimate of drug-likeness (QED) is 0.0776. The SMILES string of the molecule is C#Cc1c2ccccc2c(C#C[Si](C(C)C)(C(C)C)C(C)C)c2c1ccc1c2c2c3c(C#C[Si](C(C)C)(C(C)C)C(C)C)c4ccccc4c(C#C)c3ccc2n1CCCC. The van der Waals surface area contributed by atoms with Crippen molar-refractivity contribution in [1.82, 2.24) is 4.57 Å². The molecule has 7 rings (SSSR count). The maximum Gasteiger partial charge on any atom is 0.146 e. The van der Waals surface area contributed by atoms with Gasteiger partial charge in [0.2, 0.25) is 0 Å². The molecule has 0 fully saturated rings. The molecule has 1 nitrogen and oxygen atoms in total. The molecule has 0 unspecified atom stereocenters. The third-order valence-electron chi connectivity index (χ3n) is 14.7. The lowest BCUT2D eigenvalue weighted by Crippen LogP contribution is -2.43. The Bertz CT molecular complexity index is 2830. The van der Waals surface area contributed by atoms with Crippen LogP contribution in [0.3, 0.4) is 0 Å². The highest BCUT2D eigenvalue weighted by molar-refractivity contribution is 6.91. The van der Waals surface area contributed by atoms with Crippen molar-refractivity contribution in [2.45, 2.75) is 143 Å². The van der Waals surface area contributed by atoms with Crippen LogP contribution < -0.4 is 0 Å². The number of terminal acetylenes is 2. The lowest BCUT2D eigenvalue weighted by Gasteiger charge is -2.38. The van der Waals surface area contributed by atoms with Crippen molar-refractivity contribution in [3.8, 4) is 47.6 Å². The molecule has 0 radical (unpaired) electrons. The van der Waals surface area contributed by atoms with Crippen molar-refractivity contribution in [2.75, 3.05) is 0 Å². The van der Waals surface area contributed by atoms with Gasteiger partial charge in [0, 0.05) is 61.4 Å². The summed E-state index contributed by atoms with van der Waals surface area (Å²) in [4.78, 5) is 0. The molecule has 1 heterocycles. The molecule has 0 aliphatic carbocycles. The Morgan fingerprint density at radius 3 is 1.07 bits per heavy atom. The highest BCUT2D eigenvalue weighted by atomic mass is 28.3. The van der Waals surface area contributed by atoms with E-state index >= 15 is 0 Å². The molecule has 7 aromatic rings. The van der Waals surface area contributed by atoms with Crippen LogP contribution in [0.4, 0.5) is 0 Å². The van der Waals surface area contributed by atoms with Gasteiger partial charge in [-0.1, -0.05) is 181 Å².